The van der Waals surface area contributed by atoms with Gasteiger partial charge < -0.3 is 15.4 Å². The average Bonchev–Trinajstić information content (AvgIpc) is 2.50. The van der Waals surface area contributed by atoms with Gasteiger partial charge in [0.1, 0.15) is 11.3 Å². The number of carbonyl (C=O) groups is 2. The van der Waals surface area contributed by atoms with Crippen molar-refractivity contribution >= 4 is 12.0 Å². The van der Waals surface area contributed by atoms with E-state index in [4.69, 9.17) is 4.74 Å². The van der Waals surface area contributed by atoms with Crippen molar-refractivity contribution in [2.24, 2.45) is 0 Å². The molecule has 0 aliphatic carbocycles. The molecule has 0 spiro atoms. The molecule has 6 nitrogen and oxygen atoms in total. The number of nitrogens with one attached hydrogen (secondary N) is 2. The van der Waals surface area contributed by atoms with Crippen LogP contribution in [0, 0.1) is 0 Å². The molecule has 0 saturated heterocycles. The molecule has 26 heavy (non-hydrogen) atoms. The summed E-state index contributed by atoms with van der Waals surface area (Å²) in [7, 11) is 1.50. The maximum Gasteiger partial charge on any atom is 0.433 e. The van der Waals surface area contributed by atoms with Crippen LogP contribution in [0.4, 0.5) is 18.0 Å². The van der Waals surface area contributed by atoms with Crippen LogP contribution in [-0.2, 0) is 22.1 Å². The molecule has 1 rings (SSSR count). The second-order valence-corrected chi connectivity index (χ2v) is 6.81. The first-order valence-corrected chi connectivity index (χ1v) is 8.13. The van der Waals surface area contributed by atoms with E-state index in [0.29, 0.717) is 12.0 Å². The summed E-state index contributed by atoms with van der Waals surface area (Å²) in [6.45, 7) is 5.14. The molecule has 0 aliphatic heterocycles. The van der Waals surface area contributed by atoms with Gasteiger partial charge in [0, 0.05) is 25.7 Å². The van der Waals surface area contributed by atoms with Crippen molar-refractivity contribution in [2.75, 3.05) is 7.05 Å². The molecule has 0 bridgehead atoms. The molecule has 2 N–H and O–H groups in total. The summed E-state index contributed by atoms with van der Waals surface area (Å²) in [4.78, 5) is 26.8. The molecule has 1 atom stereocenters. The molecule has 9 heteroatoms. The van der Waals surface area contributed by atoms with Crippen molar-refractivity contribution in [1.29, 1.82) is 0 Å². The van der Waals surface area contributed by atoms with Crippen LogP contribution in [0.1, 0.15) is 44.9 Å². The second-order valence-electron chi connectivity index (χ2n) is 6.81. The molecule has 0 radical (unpaired) electrons. The normalized spacial score (nSPS) is 13.0. The topological polar surface area (TPSA) is 80.3 Å². The number of rotatable bonds is 6. The van der Waals surface area contributed by atoms with Crippen molar-refractivity contribution in [3.8, 4) is 0 Å². The van der Waals surface area contributed by atoms with Crippen LogP contribution in [0.2, 0.25) is 0 Å². The number of alkyl carbamates (subject to hydrolysis) is 1. The first-order chi connectivity index (χ1) is 11.9. The van der Waals surface area contributed by atoms with Gasteiger partial charge in [-0.15, -0.1) is 0 Å². The molecule has 0 fully saturated rings. The van der Waals surface area contributed by atoms with Crippen LogP contribution >= 0.6 is 0 Å². The Morgan fingerprint density at radius 3 is 2.35 bits per heavy atom. The van der Waals surface area contributed by atoms with E-state index in [1.165, 1.54) is 13.1 Å². The van der Waals surface area contributed by atoms with E-state index in [-0.39, 0.29) is 18.7 Å². The van der Waals surface area contributed by atoms with Crippen molar-refractivity contribution in [1.82, 2.24) is 15.6 Å². The maximum absolute atomic E-state index is 12.6. The fraction of sp³-hybridized carbons (Fsp3) is 0.588. The van der Waals surface area contributed by atoms with Crippen LogP contribution in [0.15, 0.2) is 18.3 Å². The third-order valence-corrected chi connectivity index (χ3v) is 3.32. The predicted molar refractivity (Wildman–Crippen MR) is 89.4 cm³/mol. The Hall–Kier alpha value is -2.32. The van der Waals surface area contributed by atoms with E-state index in [1.54, 1.807) is 20.8 Å². The molecule has 0 saturated carbocycles. The fourth-order valence-electron chi connectivity index (χ4n) is 2.13. The molecule has 1 aromatic rings. The largest absolute Gasteiger partial charge is 0.444 e. The van der Waals surface area contributed by atoms with Gasteiger partial charge >= 0.3 is 12.3 Å². The van der Waals surface area contributed by atoms with Crippen LogP contribution in [0.5, 0.6) is 0 Å². The standard InChI is InChI=1S/C17H24F3N3O3/c1-16(2,3)26-15(25)23-12(6-8-14(24)21-4)9-11-5-7-13(22-10-11)17(18,19)20/h5,7,10,12H,6,8-9H2,1-4H3,(H,21,24)(H,23,25)/t12-/m1/s1. The summed E-state index contributed by atoms with van der Waals surface area (Å²) >= 11 is 0. The lowest BCUT2D eigenvalue weighted by atomic mass is 10.0. The van der Waals surface area contributed by atoms with E-state index >= 15 is 0 Å². The predicted octanol–water partition coefficient (Wildman–Crippen LogP) is 3.06. The number of aromatic nitrogens is 1. The van der Waals surface area contributed by atoms with Crippen LogP contribution in [0.3, 0.4) is 0 Å². The minimum Gasteiger partial charge on any atom is -0.444 e. The first-order valence-electron chi connectivity index (χ1n) is 8.13. The summed E-state index contributed by atoms with van der Waals surface area (Å²) < 4.78 is 42.9. The van der Waals surface area contributed by atoms with E-state index < -0.39 is 29.6 Å². The molecular weight excluding hydrogens is 351 g/mol. The quantitative estimate of drug-likeness (QED) is 0.801. The van der Waals surface area contributed by atoms with Gasteiger partial charge in [-0.2, -0.15) is 13.2 Å². The van der Waals surface area contributed by atoms with Crippen molar-refractivity contribution in [2.45, 2.75) is 57.9 Å². The highest BCUT2D eigenvalue weighted by Gasteiger charge is 2.32. The lowest BCUT2D eigenvalue weighted by molar-refractivity contribution is -0.141. The lowest BCUT2D eigenvalue weighted by Gasteiger charge is -2.23. The zero-order valence-electron chi connectivity index (χ0n) is 15.2. The Labute approximate surface area is 150 Å². The average molecular weight is 375 g/mol. The zero-order valence-corrected chi connectivity index (χ0v) is 15.2. The lowest BCUT2D eigenvalue weighted by Crippen LogP contribution is -2.40. The number of ether oxygens (including phenoxy) is 1. The highest BCUT2D eigenvalue weighted by atomic mass is 19.4. The number of pyridine rings is 1. The number of halogens is 3. The summed E-state index contributed by atoms with van der Waals surface area (Å²) in [5, 5.41) is 5.13. The molecule has 0 unspecified atom stereocenters. The smallest absolute Gasteiger partial charge is 0.433 e. The van der Waals surface area contributed by atoms with Gasteiger partial charge in [0.25, 0.3) is 0 Å². The summed E-state index contributed by atoms with van der Waals surface area (Å²) in [5.74, 6) is -0.202. The minimum atomic E-state index is -4.51. The third kappa shape index (κ3) is 8.17. The van der Waals surface area contributed by atoms with E-state index in [1.807, 2.05) is 0 Å². The Morgan fingerprint density at radius 2 is 1.88 bits per heavy atom. The number of hydrogen-bond donors (Lipinski definition) is 2. The number of amides is 2. The van der Waals surface area contributed by atoms with Crippen LogP contribution in [0.25, 0.3) is 0 Å². The van der Waals surface area contributed by atoms with Crippen molar-refractivity contribution in [3.63, 3.8) is 0 Å². The Bertz CT molecular complexity index is 610. The summed E-state index contributed by atoms with van der Waals surface area (Å²) in [6, 6.07) is 1.71. The second kappa shape index (κ2) is 8.86. The fourth-order valence-corrected chi connectivity index (χ4v) is 2.13. The number of hydrogen-bond acceptors (Lipinski definition) is 4. The Morgan fingerprint density at radius 1 is 1.23 bits per heavy atom. The van der Waals surface area contributed by atoms with E-state index in [0.717, 1.165) is 12.3 Å². The van der Waals surface area contributed by atoms with E-state index in [2.05, 4.69) is 15.6 Å². The van der Waals surface area contributed by atoms with Crippen LogP contribution in [-0.4, -0.2) is 35.7 Å². The highest BCUT2D eigenvalue weighted by Crippen LogP contribution is 2.27. The maximum atomic E-state index is 12.6. The number of alkyl halides is 3. The molecule has 0 aliphatic rings. The Balaban J connectivity index is 2.80. The Kier molecular flexibility index (Phi) is 7.41. The van der Waals surface area contributed by atoms with Gasteiger partial charge in [0.05, 0.1) is 0 Å². The van der Waals surface area contributed by atoms with Crippen LogP contribution < -0.4 is 10.6 Å². The van der Waals surface area contributed by atoms with E-state index in [9.17, 15) is 22.8 Å². The molecule has 0 aromatic carbocycles. The van der Waals surface area contributed by atoms with Crippen molar-refractivity contribution < 1.29 is 27.5 Å². The molecular formula is C17H24F3N3O3. The van der Waals surface area contributed by atoms with Gasteiger partial charge in [-0.3, -0.25) is 9.78 Å². The SMILES string of the molecule is CNC(=O)CC[C@H](Cc1ccc(C(F)(F)F)nc1)NC(=O)OC(C)(C)C. The van der Waals surface area contributed by atoms with Gasteiger partial charge in [-0.25, -0.2) is 4.79 Å². The highest BCUT2D eigenvalue weighted by molar-refractivity contribution is 5.75. The zero-order chi connectivity index (χ0) is 20.0. The van der Waals surface area contributed by atoms with Gasteiger partial charge in [0.15, 0.2) is 0 Å². The molecule has 1 heterocycles. The van der Waals surface area contributed by atoms with Gasteiger partial charge in [-0.1, -0.05) is 6.07 Å². The van der Waals surface area contributed by atoms with Gasteiger partial charge in [0.2, 0.25) is 5.91 Å². The monoisotopic (exact) mass is 375 g/mol. The molecule has 2 amide bonds. The summed E-state index contributed by atoms with van der Waals surface area (Å²) in [5.41, 5.74) is -1.16. The number of carbonyl (C=O) groups excluding carboxylic acids is 2. The number of nitrogens with zero attached hydrogens (tertiary/aromatic N) is 1. The van der Waals surface area contributed by atoms with Gasteiger partial charge in [-0.05, 0) is 45.2 Å². The summed E-state index contributed by atoms with van der Waals surface area (Å²) in [6.07, 6.45) is -3.36. The third-order valence-electron chi connectivity index (χ3n) is 3.32. The molecule has 146 valence electrons. The first kappa shape index (κ1) is 21.7. The molecule has 1 aromatic heterocycles. The minimum absolute atomic E-state index is 0.158. The van der Waals surface area contributed by atoms with Crippen molar-refractivity contribution in [3.05, 3.63) is 29.6 Å².